The first-order valence-electron chi connectivity index (χ1n) is 8.36. The highest BCUT2D eigenvalue weighted by molar-refractivity contribution is 7.12. The van der Waals surface area contributed by atoms with Gasteiger partial charge in [-0.25, -0.2) is 0 Å². The van der Waals surface area contributed by atoms with Crippen molar-refractivity contribution in [2.24, 2.45) is 0 Å². The van der Waals surface area contributed by atoms with Crippen LogP contribution in [0.1, 0.15) is 20.0 Å². The number of amides is 2. The maximum absolute atomic E-state index is 12.7. The molecule has 2 N–H and O–H groups in total. The molecule has 0 atom stereocenters. The minimum absolute atomic E-state index is 0.00918. The quantitative estimate of drug-likeness (QED) is 0.574. The number of nitrogens with one attached hydrogen (secondary N) is 2. The van der Waals surface area contributed by atoms with Crippen LogP contribution in [-0.4, -0.2) is 25.5 Å². The topological polar surface area (TPSA) is 76.7 Å². The molecule has 1 aromatic heterocycles. The van der Waals surface area contributed by atoms with E-state index < -0.39 is 12.5 Å². The Kier molecular flexibility index (Phi) is 6.40. The second-order valence-electron chi connectivity index (χ2n) is 5.68. The number of para-hydroxylation sites is 1. The number of carbonyl (C=O) groups excluding carboxylic acids is 2. The van der Waals surface area contributed by atoms with Crippen molar-refractivity contribution in [3.63, 3.8) is 0 Å². The molecule has 0 bridgehead atoms. The molecule has 9 heteroatoms. The molecule has 29 heavy (non-hydrogen) atoms. The summed E-state index contributed by atoms with van der Waals surface area (Å²) in [5, 5.41) is 7.12. The Balaban J connectivity index is 1.78. The number of methoxy groups -OCH3 is 1. The SMILES string of the molecule is COc1cccc(C(=O)Nc2cccc(NC(=O)c3cccs3)c2)c1OC(F)F. The highest BCUT2D eigenvalue weighted by Gasteiger charge is 2.20. The fourth-order valence-corrected chi connectivity index (χ4v) is 3.16. The first-order valence-corrected chi connectivity index (χ1v) is 9.24. The van der Waals surface area contributed by atoms with Gasteiger partial charge in [-0.3, -0.25) is 9.59 Å². The van der Waals surface area contributed by atoms with E-state index in [0.717, 1.165) is 0 Å². The molecule has 0 aliphatic rings. The van der Waals surface area contributed by atoms with Crippen molar-refractivity contribution in [2.75, 3.05) is 17.7 Å². The zero-order valence-electron chi connectivity index (χ0n) is 15.1. The molecule has 1 heterocycles. The lowest BCUT2D eigenvalue weighted by Gasteiger charge is -2.14. The Labute approximate surface area is 169 Å². The zero-order valence-corrected chi connectivity index (χ0v) is 16.0. The molecule has 0 aliphatic heterocycles. The average Bonchev–Trinajstić information content (AvgIpc) is 3.23. The summed E-state index contributed by atoms with van der Waals surface area (Å²) < 4.78 is 35.0. The highest BCUT2D eigenvalue weighted by Crippen LogP contribution is 2.33. The second-order valence-corrected chi connectivity index (χ2v) is 6.63. The van der Waals surface area contributed by atoms with Gasteiger partial charge < -0.3 is 20.1 Å². The summed E-state index contributed by atoms with van der Waals surface area (Å²) in [6.45, 7) is -3.12. The summed E-state index contributed by atoms with van der Waals surface area (Å²) in [4.78, 5) is 25.3. The van der Waals surface area contributed by atoms with Gasteiger partial charge in [0.15, 0.2) is 11.5 Å². The number of hydrogen-bond donors (Lipinski definition) is 2. The molecule has 0 saturated carbocycles. The van der Waals surface area contributed by atoms with Crippen molar-refractivity contribution in [3.05, 3.63) is 70.4 Å². The number of anilines is 2. The smallest absolute Gasteiger partial charge is 0.387 e. The number of alkyl halides is 2. The summed E-state index contributed by atoms with van der Waals surface area (Å²) in [6.07, 6.45) is 0. The first kappa shape index (κ1) is 20.3. The van der Waals surface area contributed by atoms with Gasteiger partial charge in [0.05, 0.1) is 17.6 Å². The Bertz CT molecular complexity index is 1010. The van der Waals surface area contributed by atoms with Crippen LogP contribution in [0.5, 0.6) is 11.5 Å². The third-order valence-electron chi connectivity index (χ3n) is 3.77. The molecule has 0 fully saturated rings. The van der Waals surface area contributed by atoms with Crippen molar-refractivity contribution < 1.29 is 27.8 Å². The molecular formula is C20H16F2N2O4S. The van der Waals surface area contributed by atoms with E-state index in [2.05, 4.69) is 15.4 Å². The van der Waals surface area contributed by atoms with E-state index in [1.807, 2.05) is 0 Å². The maximum atomic E-state index is 12.7. The van der Waals surface area contributed by atoms with Crippen molar-refractivity contribution in [1.29, 1.82) is 0 Å². The van der Waals surface area contributed by atoms with Crippen molar-refractivity contribution in [1.82, 2.24) is 0 Å². The number of hydrogen-bond acceptors (Lipinski definition) is 5. The number of carbonyl (C=O) groups is 2. The molecule has 150 valence electrons. The van der Waals surface area contributed by atoms with Crippen molar-refractivity contribution >= 4 is 34.5 Å². The summed E-state index contributed by atoms with van der Waals surface area (Å²) in [5.41, 5.74) is 0.721. The molecule has 0 saturated heterocycles. The van der Waals surface area contributed by atoms with E-state index in [0.29, 0.717) is 16.3 Å². The van der Waals surface area contributed by atoms with Crippen molar-refractivity contribution in [3.8, 4) is 11.5 Å². The average molecular weight is 418 g/mol. The lowest BCUT2D eigenvalue weighted by atomic mass is 10.1. The lowest BCUT2D eigenvalue weighted by molar-refractivity contribution is -0.0515. The van der Waals surface area contributed by atoms with Crippen LogP contribution in [0.4, 0.5) is 20.2 Å². The Morgan fingerprint density at radius 1 is 0.966 bits per heavy atom. The van der Waals surface area contributed by atoms with E-state index >= 15 is 0 Å². The number of thiophene rings is 1. The van der Waals surface area contributed by atoms with Gasteiger partial charge in [0, 0.05) is 11.4 Å². The van der Waals surface area contributed by atoms with Crippen LogP contribution in [-0.2, 0) is 0 Å². The predicted molar refractivity (Wildman–Crippen MR) is 106 cm³/mol. The van der Waals surface area contributed by atoms with E-state index in [9.17, 15) is 18.4 Å². The van der Waals surface area contributed by atoms with Gasteiger partial charge in [0.25, 0.3) is 11.8 Å². The van der Waals surface area contributed by atoms with Crippen molar-refractivity contribution in [2.45, 2.75) is 6.61 Å². The van der Waals surface area contributed by atoms with Gasteiger partial charge in [-0.15, -0.1) is 11.3 Å². The van der Waals surface area contributed by atoms with Crippen LogP contribution in [0.25, 0.3) is 0 Å². The molecule has 0 radical (unpaired) electrons. The van der Waals surface area contributed by atoms with Gasteiger partial charge in [0.2, 0.25) is 0 Å². The minimum Gasteiger partial charge on any atom is -0.493 e. The first-order chi connectivity index (χ1) is 14.0. The van der Waals surface area contributed by atoms with Gasteiger partial charge in [-0.2, -0.15) is 8.78 Å². The predicted octanol–water partition coefficient (Wildman–Crippen LogP) is 4.86. The summed E-state index contributed by atoms with van der Waals surface area (Å²) in [7, 11) is 1.29. The molecule has 0 aliphatic carbocycles. The van der Waals surface area contributed by atoms with Gasteiger partial charge in [-0.05, 0) is 41.8 Å². The van der Waals surface area contributed by atoms with Gasteiger partial charge in [-0.1, -0.05) is 18.2 Å². The standard InChI is InChI=1S/C20H16F2N2O4S/c1-27-15-8-3-7-14(17(15)28-20(21)22)18(25)23-12-5-2-6-13(11-12)24-19(26)16-9-4-10-29-16/h2-11,20H,1H3,(H,23,25)(H,24,26). The lowest BCUT2D eigenvalue weighted by Crippen LogP contribution is -2.16. The minimum atomic E-state index is -3.12. The van der Waals surface area contributed by atoms with Crippen LogP contribution in [0.15, 0.2) is 60.0 Å². The van der Waals surface area contributed by atoms with E-state index in [-0.39, 0.29) is 23.0 Å². The van der Waals surface area contributed by atoms with Crippen LogP contribution >= 0.6 is 11.3 Å². The van der Waals surface area contributed by atoms with Crippen LogP contribution in [0.2, 0.25) is 0 Å². The molecule has 2 amide bonds. The second kappa shape index (κ2) is 9.16. The number of halogens is 2. The molecule has 2 aromatic carbocycles. The third-order valence-corrected chi connectivity index (χ3v) is 4.64. The molecule has 3 aromatic rings. The van der Waals surface area contributed by atoms with Crippen LogP contribution < -0.4 is 20.1 Å². The molecule has 0 spiro atoms. The number of ether oxygens (including phenoxy) is 2. The normalized spacial score (nSPS) is 10.5. The van der Waals surface area contributed by atoms with E-state index in [1.165, 1.54) is 36.6 Å². The fourth-order valence-electron chi connectivity index (χ4n) is 2.54. The maximum Gasteiger partial charge on any atom is 0.387 e. The summed E-state index contributed by atoms with van der Waals surface area (Å²) in [5.74, 6) is -1.29. The summed E-state index contributed by atoms with van der Waals surface area (Å²) >= 11 is 1.30. The number of rotatable bonds is 7. The van der Waals surface area contributed by atoms with Gasteiger partial charge in [0.1, 0.15) is 0 Å². The van der Waals surface area contributed by atoms with E-state index in [4.69, 9.17) is 4.74 Å². The van der Waals surface area contributed by atoms with Gasteiger partial charge >= 0.3 is 6.61 Å². The Morgan fingerprint density at radius 3 is 2.28 bits per heavy atom. The molecule has 3 rings (SSSR count). The molecule has 6 nitrogen and oxygen atoms in total. The Morgan fingerprint density at radius 2 is 1.66 bits per heavy atom. The monoisotopic (exact) mass is 418 g/mol. The summed E-state index contributed by atoms with van der Waals surface area (Å²) in [6, 6.07) is 14.2. The third kappa shape index (κ3) is 5.08. The molecule has 0 unspecified atom stereocenters. The molecular weight excluding hydrogens is 402 g/mol. The van der Waals surface area contributed by atoms with Crippen LogP contribution in [0.3, 0.4) is 0 Å². The fraction of sp³-hybridized carbons (Fsp3) is 0.100. The largest absolute Gasteiger partial charge is 0.493 e. The number of benzene rings is 2. The van der Waals surface area contributed by atoms with E-state index in [1.54, 1.807) is 41.8 Å². The Hall–Kier alpha value is -3.46. The highest BCUT2D eigenvalue weighted by atomic mass is 32.1. The van der Waals surface area contributed by atoms with Crippen LogP contribution in [0, 0.1) is 0 Å². The zero-order chi connectivity index (χ0) is 20.8.